The van der Waals surface area contributed by atoms with Crippen LogP contribution in [0.4, 0.5) is 0 Å². The number of nitrogens with zero attached hydrogens (tertiary/aromatic N) is 2. The highest BCUT2D eigenvalue weighted by Crippen LogP contribution is 2.43. The third kappa shape index (κ3) is 4.56. The number of aliphatic imine (C=N–C) groups is 2. The highest BCUT2D eigenvalue weighted by atomic mass is 32.1. The molecule has 1 N–H and O–H groups in total. The van der Waals surface area contributed by atoms with Gasteiger partial charge in [-0.25, -0.2) is 9.98 Å². The molecular weight excluding hydrogens is 615 g/mol. The maximum absolute atomic E-state index is 5.23. The molecule has 0 amide bonds. The van der Waals surface area contributed by atoms with Crippen LogP contribution in [-0.4, -0.2) is 11.7 Å². The van der Waals surface area contributed by atoms with E-state index in [0.29, 0.717) is 0 Å². The van der Waals surface area contributed by atoms with Crippen LogP contribution in [0.15, 0.2) is 174 Å². The molecule has 0 radical (unpaired) electrons. The number of fused-ring (bicyclic) bond motifs is 9. The monoisotopic (exact) mass is 643 g/mol. The van der Waals surface area contributed by atoms with E-state index < -0.39 is 0 Å². The van der Waals surface area contributed by atoms with Gasteiger partial charge in [0.2, 0.25) is 0 Å². The topological polar surface area (TPSA) is 36.8 Å². The van der Waals surface area contributed by atoms with E-state index in [4.69, 9.17) is 9.98 Å². The first-order chi connectivity index (χ1) is 24.3. The highest BCUT2D eigenvalue weighted by molar-refractivity contribution is 7.26. The van der Waals surface area contributed by atoms with E-state index in [1.165, 1.54) is 63.6 Å². The van der Waals surface area contributed by atoms with Crippen molar-refractivity contribution in [1.29, 1.82) is 0 Å². The zero-order valence-corrected chi connectivity index (χ0v) is 27.3. The van der Waals surface area contributed by atoms with E-state index in [1.807, 2.05) is 23.5 Å². The summed E-state index contributed by atoms with van der Waals surface area (Å²) in [5.41, 5.74) is 5.65. The molecule has 9 aromatic rings. The van der Waals surface area contributed by atoms with Gasteiger partial charge < -0.3 is 5.32 Å². The molecule has 4 heteroatoms. The van der Waals surface area contributed by atoms with Crippen molar-refractivity contribution >= 4 is 75.5 Å². The summed E-state index contributed by atoms with van der Waals surface area (Å²) in [6.07, 6.45) is -0.247. The molecule has 1 aliphatic heterocycles. The van der Waals surface area contributed by atoms with Crippen LogP contribution in [0, 0.1) is 0 Å². The van der Waals surface area contributed by atoms with Gasteiger partial charge in [0.15, 0.2) is 5.84 Å². The zero-order chi connectivity index (χ0) is 32.3. The minimum Gasteiger partial charge on any atom is -0.344 e. The lowest BCUT2D eigenvalue weighted by atomic mass is 9.92. The van der Waals surface area contributed by atoms with Gasteiger partial charge in [-0.05, 0) is 61.1 Å². The van der Waals surface area contributed by atoms with E-state index in [1.54, 1.807) is 0 Å². The number of rotatable bonds is 4. The summed E-state index contributed by atoms with van der Waals surface area (Å²) in [7, 11) is 0. The Hall–Kier alpha value is -6.10. The number of amidine groups is 2. The van der Waals surface area contributed by atoms with Gasteiger partial charge in [-0.15, -0.1) is 11.3 Å². The molecule has 3 nitrogen and oxygen atoms in total. The molecule has 1 unspecified atom stereocenters. The fourth-order valence-electron chi connectivity index (χ4n) is 7.45. The molecule has 230 valence electrons. The second-order valence-corrected chi connectivity index (χ2v) is 13.6. The Balaban J connectivity index is 1.18. The third-order valence-electron chi connectivity index (χ3n) is 9.72. The minimum atomic E-state index is -0.247. The Kier molecular flexibility index (Phi) is 6.42. The molecule has 1 aliphatic rings. The fraction of sp³-hybridized carbons (Fsp3) is 0.0222. The molecule has 8 aromatic carbocycles. The zero-order valence-electron chi connectivity index (χ0n) is 26.5. The van der Waals surface area contributed by atoms with Crippen LogP contribution in [0.1, 0.15) is 22.9 Å². The van der Waals surface area contributed by atoms with E-state index in [2.05, 4.69) is 157 Å². The van der Waals surface area contributed by atoms with Gasteiger partial charge in [0.25, 0.3) is 0 Å². The molecule has 10 rings (SSSR count). The Labute approximate surface area is 287 Å². The van der Waals surface area contributed by atoms with Crippen molar-refractivity contribution in [2.75, 3.05) is 0 Å². The summed E-state index contributed by atoms with van der Waals surface area (Å²) >= 11 is 1.85. The van der Waals surface area contributed by atoms with Gasteiger partial charge in [0.1, 0.15) is 12.0 Å². The average molecular weight is 644 g/mol. The predicted octanol–water partition coefficient (Wildman–Crippen LogP) is 11.7. The first-order valence-electron chi connectivity index (χ1n) is 16.6. The SMILES string of the molecule is c1ccc(C2=NC(c3cccc4sc5c(-c6ccc7c8ccccc8c8ccccc8c7c6)cccc5c34)=NC(c3ccccc3)N2)cc1. The van der Waals surface area contributed by atoms with Crippen LogP contribution in [0.25, 0.3) is 63.6 Å². The number of thiophene rings is 1. The Morgan fingerprint density at radius 2 is 1.06 bits per heavy atom. The molecule has 0 aliphatic carbocycles. The Morgan fingerprint density at radius 3 is 1.80 bits per heavy atom. The standard InChI is InChI=1S/C45H29N3S/c1-3-13-28(14-4-1)43-46-44(29-15-5-2-6-16-29)48-45(47-43)38-23-12-24-40-41(38)37-22-11-21-31(42(37)49-40)30-25-26-36-34-19-8-7-17-32(34)33-18-9-10-20-35(33)39(36)27-30/h1-27,43H,(H,46,47,48). The lowest BCUT2D eigenvalue weighted by molar-refractivity contribution is 0.674. The number of nitrogens with one attached hydrogen (secondary N) is 1. The van der Waals surface area contributed by atoms with Crippen molar-refractivity contribution in [1.82, 2.24) is 5.32 Å². The maximum atomic E-state index is 5.23. The predicted molar refractivity (Wildman–Crippen MR) is 209 cm³/mol. The molecule has 2 heterocycles. The molecule has 49 heavy (non-hydrogen) atoms. The molecular formula is C45H29N3S. The number of benzene rings is 8. The quantitative estimate of drug-likeness (QED) is 0.190. The summed E-state index contributed by atoms with van der Waals surface area (Å²) in [6.45, 7) is 0. The maximum Gasteiger partial charge on any atom is 0.160 e. The van der Waals surface area contributed by atoms with Crippen LogP contribution in [0.3, 0.4) is 0 Å². The lowest BCUT2D eigenvalue weighted by Gasteiger charge is -2.24. The molecule has 0 fully saturated rings. The van der Waals surface area contributed by atoms with E-state index >= 15 is 0 Å². The van der Waals surface area contributed by atoms with Crippen LogP contribution in [0.2, 0.25) is 0 Å². The molecule has 0 saturated carbocycles. The van der Waals surface area contributed by atoms with Crippen molar-refractivity contribution in [3.8, 4) is 11.1 Å². The van der Waals surface area contributed by atoms with Gasteiger partial charge in [-0.3, -0.25) is 0 Å². The first kappa shape index (κ1) is 28.0. The highest BCUT2D eigenvalue weighted by Gasteiger charge is 2.23. The summed E-state index contributed by atoms with van der Waals surface area (Å²) in [5, 5.41) is 13.8. The molecule has 1 atom stereocenters. The van der Waals surface area contributed by atoms with Crippen molar-refractivity contribution in [2.24, 2.45) is 9.98 Å². The van der Waals surface area contributed by atoms with Crippen LogP contribution < -0.4 is 5.32 Å². The van der Waals surface area contributed by atoms with Crippen molar-refractivity contribution < 1.29 is 0 Å². The summed E-state index contributed by atoms with van der Waals surface area (Å²) < 4.78 is 2.50. The largest absolute Gasteiger partial charge is 0.344 e. The number of hydrogen-bond donors (Lipinski definition) is 1. The van der Waals surface area contributed by atoms with Crippen LogP contribution in [0.5, 0.6) is 0 Å². The van der Waals surface area contributed by atoms with Gasteiger partial charge in [0.05, 0.1) is 0 Å². The molecule has 0 saturated heterocycles. The fourth-order valence-corrected chi connectivity index (χ4v) is 8.72. The van der Waals surface area contributed by atoms with Crippen LogP contribution in [-0.2, 0) is 0 Å². The summed E-state index contributed by atoms with van der Waals surface area (Å²) in [6, 6.07) is 58.5. The van der Waals surface area contributed by atoms with Gasteiger partial charge >= 0.3 is 0 Å². The smallest absolute Gasteiger partial charge is 0.160 e. The summed E-state index contributed by atoms with van der Waals surface area (Å²) in [5.74, 6) is 1.57. The number of hydrogen-bond acceptors (Lipinski definition) is 4. The van der Waals surface area contributed by atoms with E-state index in [-0.39, 0.29) is 6.17 Å². The van der Waals surface area contributed by atoms with E-state index in [9.17, 15) is 0 Å². The second kappa shape index (κ2) is 11.3. The normalized spacial score (nSPS) is 14.7. The molecule has 0 bridgehead atoms. The van der Waals surface area contributed by atoms with Gasteiger partial charge in [-0.1, -0.05) is 152 Å². The Bertz CT molecular complexity index is 2760. The first-order valence-corrected chi connectivity index (χ1v) is 17.4. The van der Waals surface area contributed by atoms with Crippen molar-refractivity contribution in [3.63, 3.8) is 0 Å². The van der Waals surface area contributed by atoms with E-state index in [0.717, 1.165) is 28.4 Å². The third-order valence-corrected chi connectivity index (χ3v) is 10.9. The second-order valence-electron chi connectivity index (χ2n) is 12.6. The molecule has 1 aromatic heterocycles. The van der Waals surface area contributed by atoms with Gasteiger partial charge in [0, 0.05) is 31.3 Å². The van der Waals surface area contributed by atoms with Gasteiger partial charge in [-0.2, -0.15) is 0 Å². The Morgan fingerprint density at radius 1 is 0.469 bits per heavy atom. The van der Waals surface area contributed by atoms with Crippen LogP contribution >= 0.6 is 11.3 Å². The molecule has 0 spiro atoms. The summed E-state index contributed by atoms with van der Waals surface area (Å²) in [4.78, 5) is 10.4. The minimum absolute atomic E-state index is 0.247. The van der Waals surface area contributed by atoms with Crippen molar-refractivity contribution in [2.45, 2.75) is 6.17 Å². The average Bonchev–Trinajstić information content (AvgIpc) is 3.58. The van der Waals surface area contributed by atoms with Crippen molar-refractivity contribution in [3.05, 3.63) is 180 Å². The lowest BCUT2D eigenvalue weighted by Crippen LogP contribution is -2.33.